The number of nitrogens with one attached hydrogen (secondary N) is 1. The molecular weight excluding hydrogens is 317 g/mol. The molecule has 0 spiro atoms. The van der Waals surface area contributed by atoms with Crippen LogP contribution in [0.1, 0.15) is 26.2 Å². The van der Waals surface area contributed by atoms with Crippen molar-refractivity contribution in [3.63, 3.8) is 0 Å². The van der Waals surface area contributed by atoms with Gasteiger partial charge >= 0.3 is 0 Å². The van der Waals surface area contributed by atoms with Crippen LogP contribution in [0, 0.1) is 3.57 Å². The number of hydrogen-bond acceptors (Lipinski definition) is 3. The molecule has 16 heavy (non-hydrogen) atoms. The first-order valence-corrected chi connectivity index (χ1v) is 6.74. The summed E-state index contributed by atoms with van der Waals surface area (Å²) in [5, 5.41) is 3.33. The van der Waals surface area contributed by atoms with Crippen LogP contribution >= 0.6 is 22.6 Å². The standard InChI is InChI=1S/C11H18IN3O/c1-2-3-4-5-13-6-7-15-9-14-8-10(12)11(15)16/h8-9,13H,2-7H2,1H3. The smallest absolute Gasteiger partial charge is 0.266 e. The highest BCUT2D eigenvalue weighted by molar-refractivity contribution is 14.1. The molecule has 0 atom stereocenters. The molecule has 0 aliphatic carbocycles. The Bertz CT molecular complexity index is 364. The number of unbranched alkanes of at least 4 members (excludes halogenated alkanes) is 2. The van der Waals surface area contributed by atoms with Gasteiger partial charge in [0.05, 0.1) is 9.90 Å². The Hall–Kier alpha value is -0.430. The van der Waals surface area contributed by atoms with Crippen molar-refractivity contribution < 1.29 is 0 Å². The maximum Gasteiger partial charge on any atom is 0.266 e. The first-order chi connectivity index (χ1) is 7.75. The largest absolute Gasteiger partial charge is 0.315 e. The van der Waals surface area contributed by atoms with Crippen LogP contribution in [0.5, 0.6) is 0 Å². The molecule has 1 rings (SSSR count). The van der Waals surface area contributed by atoms with E-state index in [2.05, 4.69) is 17.2 Å². The van der Waals surface area contributed by atoms with Crippen LogP contribution in [0.2, 0.25) is 0 Å². The molecule has 0 aliphatic rings. The summed E-state index contributed by atoms with van der Waals surface area (Å²) in [6.45, 7) is 4.73. The summed E-state index contributed by atoms with van der Waals surface area (Å²) in [6.07, 6.45) is 6.89. The zero-order valence-corrected chi connectivity index (χ0v) is 11.7. The van der Waals surface area contributed by atoms with E-state index < -0.39 is 0 Å². The first-order valence-electron chi connectivity index (χ1n) is 5.66. The molecule has 1 aromatic heterocycles. The topological polar surface area (TPSA) is 46.9 Å². The first kappa shape index (κ1) is 13.6. The fourth-order valence-corrected chi connectivity index (χ4v) is 1.88. The molecule has 0 aliphatic heterocycles. The SMILES string of the molecule is CCCCCNCCn1cncc(I)c1=O. The van der Waals surface area contributed by atoms with E-state index in [-0.39, 0.29) is 5.56 Å². The van der Waals surface area contributed by atoms with Crippen molar-refractivity contribution >= 4 is 22.6 Å². The highest BCUT2D eigenvalue weighted by Crippen LogP contribution is 1.93. The molecule has 5 heteroatoms. The second-order valence-electron chi connectivity index (χ2n) is 3.70. The molecule has 1 aromatic rings. The van der Waals surface area contributed by atoms with E-state index in [1.165, 1.54) is 19.3 Å². The van der Waals surface area contributed by atoms with Crippen LogP contribution in [-0.4, -0.2) is 22.6 Å². The predicted molar refractivity (Wildman–Crippen MR) is 73.6 cm³/mol. The summed E-state index contributed by atoms with van der Waals surface area (Å²) >= 11 is 2.01. The van der Waals surface area contributed by atoms with Crippen molar-refractivity contribution in [2.24, 2.45) is 0 Å². The van der Waals surface area contributed by atoms with Gasteiger partial charge in [-0.3, -0.25) is 9.36 Å². The second kappa shape index (κ2) is 7.78. The van der Waals surface area contributed by atoms with Gasteiger partial charge < -0.3 is 5.32 Å². The normalized spacial score (nSPS) is 10.6. The molecule has 1 heterocycles. The molecule has 0 saturated carbocycles. The average Bonchev–Trinajstić information content (AvgIpc) is 2.29. The Balaban J connectivity index is 2.27. The Morgan fingerprint density at radius 2 is 2.25 bits per heavy atom. The third kappa shape index (κ3) is 4.61. The fraction of sp³-hybridized carbons (Fsp3) is 0.636. The van der Waals surface area contributed by atoms with Crippen LogP contribution in [0.15, 0.2) is 17.3 Å². The molecule has 0 fully saturated rings. The quantitative estimate of drug-likeness (QED) is 0.609. The Kier molecular flexibility index (Phi) is 6.63. The molecule has 0 radical (unpaired) electrons. The van der Waals surface area contributed by atoms with Crippen LogP contribution in [0.3, 0.4) is 0 Å². The third-order valence-electron chi connectivity index (χ3n) is 2.35. The van der Waals surface area contributed by atoms with Gasteiger partial charge in [0.15, 0.2) is 0 Å². The van der Waals surface area contributed by atoms with Crippen LogP contribution in [0.4, 0.5) is 0 Å². The average molecular weight is 335 g/mol. The van der Waals surface area contributed by atoms with E-state index in [4.69, 9.17) is 0 Å². The zero-order chi connectivity index (χ0) is 11.8. The van der Waals surface area contributed by atoms with E-state index >= 15 is 0 Å². The van der Waals surface area contributed by atoms with Gasteiger partial charge in [0, 0.05) is 19.3 Å². The molecule has 90 valence electrons. The van der Waals surface area contributed by atoms with E-state index in [0.717, 1.165) is 13.1 Å². The highest BCUT2D eigenvalue weighted by Gasteiger charge is 1.99. The number of halogens is 1. The summed E-state index contributed by atoms with van der Waals surface area (Å²) in [5.74, 6) is 0. The summed E-state index contributed by atoms with van der Waals surface area (Å²) < 4.78 is 2.32. The second-order valence-corrected chi connectivity index (χ2v) is 4.86. The highest BCUT2D eigenvalue weighted by atomic mass is 127. The Morgan fingerprint density at radius 1 is 1.44 bits per heavy atom. The summed E-state index contributed by atoms with van der Waals surface area (Å²) in [7, 11) is 0. The molecular formula is C11H18IN3O. The molecule has 0 saturated heterocycles. The van der Waals surface area contributed by atoms with E-state index in [1.807, 2.05) is 22.6 Å². The van der Waals surface area contributed by atoms with Gasteiger partial charge in [0.2, 0.25) is 0 Å². The minimum atomic E-state index is 0.0472. The van der Waals surface area contributed by atoms with Gasteiger partial charge in [-0.15, -0.1) is 0 Å². The summed E-state index contributed by atoms with van der Waals surface area (Å²) in [6, 6.07) is 0. The third-order valence-corrected chi connectivity index (χ3v) is 3.09. The lowest BCUT2D eigenvalue weighted by Crippen LogP contribution is -2.28. The van der Waals surface area contributed by atoms with Gasteiger partial charge in [-0.05, 0) is 35.6 Å². The zero-order valence-electron chi connectivity index (χ0n) is 9.58. The lowest BCUT2D eigenvalue weighted by atomic mass is 10.2. The minimum absolute atomic E-state index is 0.0472. The van der Waals surface area contributed by atoms with Gasteiger partial charge in [-0.1, -0.05) is 19.8 Å². The Morgan fingerprint density at radius 3 is 3.00 bits per heavy atom. The van der Waals surface area contributed by atoms with Crippen LogP contribution < -0.4 is 10.9 Å². The number of rotatable bonds is 7. The monoisotopic (exact) mass is 335 g/mol. The molecule has 0 aromatic carbocycles. The number of aromatic nitrogens is 2. The van der Waals surface area contributed by atoms with Crippen molar-refractivity contribution in [2.75, 3.05) is 13.1 Å². The lowest BCUT2D eigenvalue weighted by Gasteiger charge is -2.06. The fourth-order valence-electron chi connectivity index (χ4n) is 1.41. The van der Waals surface area contributed by atoms with E-state index in [0.29, 0.717) is 10.1 Å². The maximum absolute atomic E-state index is 11.6. The van der Waals surface area contributed by atoms with Crippen molar-refractivity contribution in [1.82, 2.24) is 14.9 Å². The molecule has 0 bridgehead atoms. The van der Waals surface area contributed by atoms with Crippen molar-refractivity contribution in [3.05, 3.63) is 26.4 Å². The van der Waals surface area contributed by atoms with Gasteiger partial charge in [-0.2, -0.15) is 0 Å². The summed E-state index contributed by atoms with van der Waals surface area (Å²) in [5.41, 5.74) is 0.0472. The van der Waals surface area contributed by atoms with Gasteiger partial charge in [0.1, 0.15) is 0 Å². The number of nitrogens with zero attached hydrogens (tertiary/aromatic N) is 2. The molecule has 1 N–H and O–H groups in total. The van der Waals surface area contributed by atoms with E-state index in [9.17, 15) is 4.79 Å². The lowest BCUT2D eigenvalue weighted by molar-refractivity contribution is 0.555. The Labute approximate surface area is 110 Å². The predicted octanol–water partition coefficient (Wildman–Crippen LogP) is 1.63. The molecule has 0 unspecified atom stereocenters. The molecule has 0 amide bonds. The summed E-state index contributed by atoms with van der Waals surface area (Å²) in [4.78, 5) is 15.6. The van der Waals surface area contributed by atoms with Crippen molar-refractivity contribution in [3.8, 4) is 0 Å². The van der Waals surface area contributed by atoms with E-state index in [1.54, 1.807) is 17.1 Å². The van der Waals surface area contributed by atoms with Crippen molar-refractivity contribution in [1.29, 1.82) is 0 Å². The molecule has 4 nitrogen and oxygen atoms in total. The minimum Gasteiger partial charge on any atom is -0.315 e. The van der Waals surface area contributed by atoms with Gasteiger partial charge in [0.25, 0.3) is 5.56 Å². The van der Waals surface area contributed by atoms with Crippen LogP contribution in [-0.2, 0) is 6.54 Å². The number of hydrogen-bond donors (Lipinski definition) is 1. The van der Waals surface area contributed by atoms with Crippen LogP contribution in [0.25, 0.3) is 0 Å². The van der Waals surface area contributed by atoms with Crippen molar-refractivity contribution in [2.45, 2.75) is 32.7 Å². The maximum atomic E-state index is 11.6. The van der Waals surface area contributed by atoms with Gasteiger partial charge in [-0.25, -0.2) is 4.98 Å².